The quantitative estimate of drug-likeness (QED) is 0.448. The molecule has 2 N–H and O–H groups in total. The molecule has 1 amide bonds. The third-order valence-corrected chi connectivity index (χ3v) is 3.48. The second-order valence-corrected chi connectivity index (χ2v) is 5.32. The van der Waals surface area contributed by atoms with Crippen molar-refractivity contribution in [2.24, 2.45) is 0 Å². The third kappa shape index (κ3) is 5.76. The molecule has 0 saturated carbocycles. The van der Waals surface area contributed by atoms with Crippen molar-refractivity contribution in [3.63, 3.8) is 0 Å². The van der Waals surface area contributed by atoms with Crippen LogP contribution in [0.3, 0.4) is 0 Å². The Morgan fingerprint density at radius 1 is 1.19 bits per heavy atom. The molecule has 1 unspecified atom stereocenters. The van der Waals surface area contributed by atoms with E-state index in [1.54, 1.807) is 44.2 Å². The van der Waals surface area contributed by atoms with E-state index in [1.807, 2.05) is 0 Å². The van der Waals surface area contributed by atoms with Gasteiger partial charge in [-0.25, -0.2) is 14.4 Å². The summed E-state index contributed by atoms with van der Waals surface area (Å²) in [5, 5.41) is 17.6. The molecule has 9 heteroatoms. The highest BCUT2D eigenvalue weighted by molar-refractivity contribution is 5.94. The van der Waals surface area contributed by atoms with Crippen LogP contribution in [0.2, 0.25) is 0 Å². The summed E-state index contributed by atoms with van der Waals surface area (Å²) in [4.78, 5) is 41.5. The lowest BCUT2D eigenvalue weighted by atomic mass is 10.2. The van der Waals surface area contributed by atoms with Crippen molar-refractivity contribution in [3.05, 3.63) is 35.9 Å². The lowest BCUT2D eigenvalue weighted by molar-refractivity contribution is -0.168. The molecular formula is C17H23N3O6. The lowest BCUT2D eigenvalue weighted by Gasteiger charge is -2.30. The highest BCUT2D eigenvalue weighted by atomic mass is 16.8. The molecule has 1 rings (SSSR count). The SMILES string of the molecule is CCOC(=O)N(OC(=O)Cc1ccccc1)C(=N)N(C)C(CC)C(=O)O. The summed E-state index contributed by atoms with van der Waals surface area (Å²) in [6.07, 6.45) is -1.02. The molecule has 0 aliphatic heterocycles. The Kier molecular flexibility index (Phi) is 8.07. The Balaban J connectivity index is 2.93. The van der Waals surface area contributed by atoms with Crippen LogP contribution in [0.4, 0.5) is 4.79 Å². The van der Waals surface area contributed by atoms with E-state index in [4.69, 9.17) is 15.0 Å². The number of carbonyl (C=O) groups excluding carboxylic acids is 2. The van der Waals surface area contributed by atoms with Gasteiger partial charge in [0.05, 0.1) is 13.0 Å². The van der Waals surface area contributed by atoms with Gasteiger partial charge < -0.3 is 19.6 Å². The van der Waals surface area contributed by atoms with E-state index in [9.17, 15) is 19.5 Å². The molecular weight excluding hydrogens is 342 g/mol. The van der Waals surface area contributed by atoms with E-state index in [2.05, 4.69) is 0 Å². The van der Waals surface area contributed by atoms with E-state index in [1.165, 1.54) is 7.05 Å². The first-order valence-corrected chi connectivity index (χ1v) is 8.07. The molecule has 0 radical (unpaired) electrons. The van der Waals surface area contributed by atoms with E-state index in [0.29, 0.717) is 10.6 Å². The summed E-state index contributed by atoms with van der Waals surface area (Å²) in [6, 6.07) is 7.66. The number of aliphatic carboxylic acids is 1. The van der Waals surface area contributed by atoms with Gasteiger partial charge in [0.15, 0.2) is 0 Å². The maximum absolute atomic E-state index is 12.1. The lowest BCUT2D eigenvalue weighted by Crippen LogP contribution is -2.52. The Bertz CT molecular complexity index is 649. The van der Waals surface area contributed by atoms with Crippen molar-refractivity contribution in [2.75, 3.05) is 13.7 Å². The highest BCUT2D eigenvalue weighted by Gasteiger charge is 2.32. The average Bonchev–Trinajstić information content (AvgIpc) is 2.60. The minimum atomic E-state index is -1.17. The Labute approximate surface area is 151 Å². The molecule has 0 bridgehead atoms. The van der Waals surface area contributed by atoms with Gasteiger partial charge in [-0.05, 0) is 18.9 Å². The number of benzene rings is 1. The van der Waals surface area contributed by atoms with Crippen LogP contribution in [0.5, 0.6) is 0 Å². The summed E-state index contributed by atoms with van der Waals surface area (Å²) >= 11 is 0. The standard InChI is InChI=1S/C17H23N3O6/c1-4-13(15(22)23)19(3)16(18)20(17(24)25-5-2)26-14(21)11-12-9-7-6-8-10-12/h6-10,13,18H,4-5,11H2,1-3H3,(H,22,23). The monoisotopic (exact) mass is 365 g/mol. The zero-order chi connectivity index (χ0) is 19.7. The van der Waals surface area contributed by atoms with Crippen LogP contribution < -0.4 is 0 Å². The van der Waals surface area contributed by atoms with E-state index in [-0.39, 0.29) is 19.4 Å². The van der Waals surface area contributed by atoms with Crippen LogP contribution >= 0.6 is 0 Å². The summed E-state index contributed by atoms with van der Waals surface area (Å²) in [6.45, 7) is 3.18. The fourth-order valence-electron chi connectivity index (χ4n) is 2.15. The van der Waals surface area contributed by atoms with Crippen LogP contribution in [0, 0.1) is 5.41 Å². The average molecular weight is 365 g/mol. The third-order valence-electron chi connectivity index (χ3n) is 3.48. The Hall–Kier alpha value is -3.10. The summed E-state index contributed by atoms with van der Waals surface area (Å²) in [5.74, 6) is -2.57. The van der Waals surface area contributed by atoms with E-state index >= 15 is 0 Å². The number of likely N-dealkylation sites (N-methyl/N-ethyl adjacent to an activating group) is 1. The van der Waals surface area contributed by atoms with Gasteiger partial charge in [0.25, 0.3) is 0 Å². The first kappa shape index (κ1) is 20.9. The van der Waals surface area contributed by atoms with Crippen molar-refractivity contribution in [1.82, 2.24) is 9.96 Å². The largest absolute Gasteiger partial charge is 0.480 e. The minimum Gasteiger partial charge on any atom is -0.480 e. The van der Waals surface area contributed by atoms with Crippen molar-refractivity contribution < 1.29 is 29.1 Å². The fraction of sp³-hybridized carbons (Fsp3) is 0.412. The molecule has 0 spiro atoms. The Morgan fingerprint density at radius 2 is 1.81 bits per heavy atom. The van der Waals surface area contributed by atoms with Crippen LogP contribution in [0.25, 0.3) is 0 Å². The van der Waals surface area contributed by atoms with Crippen LogP contribution in [0.15, 0.2) is 30.3 Å². The molecule has 0 fully saturated rings. The van der Waals surface area contributed by atoms with Crippen molar-refractivity contribution in [3.8, 4) is 0 Å². The maximum atomic E-state index is 12.1. The molecule has 9 nitrogen and oxygen atoms in total. The summed E-state index contributed by atoms with van der Waals surface area (Å²) in [5.41, 5.74) is 0.665. The number of hydrogen-bond donors (Lipinski definition) is 2. The number of carboxylic acids is 1. The van der Waals surface area contributed by atoms with Gasteiger partial charge in [-0.15, -0.1) is 0 Å². The smallest absolute Gasteiger partial charge is 0.451 e. The molecule has 142 valence electrons. The highest BCUT2D eigenvalue weighted by Crippen LogP contribution is 2.10. The van der Waals surface area contributed by atoms with Crippen LogP contribution in [-0.2, 0) is 25.6 Å². The molecule has 0 saturated heterocycles. The number of ether oxygens (including phenoxy) is 1. The minimum absolute atomic E-state index is 0.00129. The maximum Gasteiger partial charge on any atom is 0.451 e. The molecule has 1 aromatic carbocycles. The predicted octanol–water partition coefficient (Wildman–Crippen LogP) is 1.88. The molecule has 0 aromatic heterocycles. The molecule has 0 aliphatic rings. The van der Waals surface area contributed by atoms with E-state index in [0.717, 1.165) is 4.90 Å². The van der Waals surface area contributed by atoms with Crippen molar-refractivity contribution >= 4 is 24.0 Å². The van der Waals surface area contributed by atoms with E-state index < -0.39 is 30.0 Å². The molecule has 0 aliphatic carbocycles. The molecule has 26 heavy (non-hydrogen) atoms. The number of hydrogen-bond acceptors (Lipinski definition) is 6. The Morgan fingerprint density at radius 3 is 2.31 bits per heavy atom. The van der Waals surface area contributed by atoms with Gasteiger partial charge in [0.2, 0.25) is 5.96 Å². The number of carboxylic acid groups (broad SMARTS) is 1. The van der Waals surface area contributed by atoms with Gasteiger partial charge in [-0.1, -0.05) is 42.3 Å². The van der Waals surface area contributed by atoms with Gasteiger partial charge in [0, 0.05) is 7.05 Å². The molecule has 0 heterocycles. The number of nitrogens with one attached hydrogen (secondary N) is 1. The van der Waals surface area contributed by atoms with Crippen molar-refractivity contribution in [1.29, 1.82) is 5.41 Å². The molecule has 1 atom stereocenters. The van der Waals surface area contributed by atoms with Gasteiger partial charge >= 0.3 is 18.0 Å². The van der Waals surface area contributed by atoms with Crippen molar-refractivity contribution in [2.45, 2.75) is 32.7 Å². The second kappa shape index (κ2) is 10.0. The number of nitrogens with zero attached hydrogens (tertiary/aromatic N) is 2. The summed E-state index contributed by atoms with van der Waals surface area (Å²) < 4.78 is 4.80. The first-order valence-electron chi connectivity index (χ1n) is 8.07. The topological polar surface area (TPSA) is 120 Å². The first-order chi connectivity index (χ1) is 12.3. The van der Waals surface area contributed by atoms with Gasteiger partial charge in [-0.3, -0.25) is 5.41 Å². The number of guanidine groups is 1. The number of hydroxylamine groups is 2. The predicted molar refractivity (Wildman–Crippen MR) is 92.3 cm³/mol. The zero-order valence-corrected chi connectivity index (χ0v) is 15.0. The summed E-state index contributed by atoms with van der Waals surface area (Å²) in [7, 11) is 1.32. The van der Waals surface area contributed by atoms with Gasteiger partial charge in [0.1, 0.15) is 6.04 Å². The number of carbonyl (C=O) groups is 3. The second-order valence-electron chi connectivity index (χ2n) is 5.32. The number of rotatable bonds is 6. The van der Waals surface area contributed by atoms with Gasteiger partial charge in [-0.2, -0.15) is 0 Å². The molecule has 1 aromatic rings. The zero-order valence-electron chi connectivity index (χ0n) is 15.0. The number of amides is 1. The van der Waals surface area contributed by atoms with Crippen LogP contribution in [-0.4, -0.2) is 58.8 Å². The fourth-order valence-corrected chi connectivity index (χ4v) is 2.15. The van der Waals surface area contributed by atoms with Crippen LogP contribution in [0.1, 0.15) is 25.8 Å². The normalized spacial score (nSPS) is 11.2.